The summed E-state index contributed by atoms with van der Waals surface area (Å²) in [6.07, 6.45) is 11.8. The van der Waals surface area contributed by atoms with Gasteiger partial charge in [0.1, 0.15) is 6.61 Å². The molecule has 4 atom stereocenters. The van der Waals surface area contributed by atoms with Crippen LogP contribution in [0, 0.1) is 11.8 Å². The Labute approximate surface area is 137 Å². The molecule has 0 amide bonds. The molecule has 0 saturated heterocycles. The predicted octanol–water partition coefficient (Wildman–Crippen LogP) is 4.29. The fourth-order valence-corrected chi connectivity index (χ4v) is 5.03. The molecule has 3 nitrogen and oxygen atoms in total. The van der Waals surface area contributed by atoms with Crippen molar-refractivity contribution < 1.29 is 14.7 Å². The van der Waals surface area contributed by atoms with Crippen LogP contribution in [-0.4, -0.2) is 16.7 Å². The van der Waals surface area contributed by atoms with Crippen molar-refractivity contribution in [1.82, 2.24) is 0 Å². The van der Waals surface area contributed by atoms with E-state index in [1.807, 2.05) is 30.3 Å². The molecule has 0 radical (unpaired) electrons. The molecule has 3 aliphatic carbocycles. The van der Waals surface area contributed by atoms with E-state index in [4.69, 9.17) is 9.78 Å². The Morgan fingerprint density at radius 1 is 1.13 bits per heavy atom. The monoisotopic (exact) mass is 327 g/mol. The summed E-state index contributed by atoms with van der Waals surface area (Å²) in [5.74, 6) is 1.83. The Morgan fingerprint density at radius 3 is 2.70 bits per heavy atom. The number of hydrogen-bond acceptors (Lipinski definition) is 3. The van der Waals surface area contributed by atoms with Gasteiger partial charge in [-0.3, -0.25) is 5.26 Å². The lowest BCUT2D eigenvalue weighted by Crippen LogP contribution is -2.49. The maximum atomic E-state index is 8.02. The zero-order valence-electron chi connectivity index (χ0n) is 12.8. The van der Waals surface area contributed by atoms with Crippen LogP contribution < -0.4 is 0 Å². The molecule has 5 rings (SSSR count). The molecule has 118 valence electrons. The highest BCUT2D eigenvalue weighted by Gasteiger charge is 2.55. The van der Waals surface area contributed by atoms with Gasteiger partial charge in [0.2, 0.25) is 8.43 Å². The van der Waals surface area contributed by atoms with Crippen LogP contribution in [0.1, 0.15) is 18.4 Å². The van der Waals surface area contributed by atoms with Crippen LogP contribution in [0.2, 0.25) is 0 Å². The second-order valence-electron chi connectivity index (χ2n) is 6.22. The summed E-state index contributed by atoms with van der Waals surface area (Å²) >= 11 is 0. The molecule has 0 aromatic heterocycles. The quantitative estimate of drug-likeness (QED) is 0.500. The normalized spacial score (nSPS) is 29.8. The molecular weight excluding hydrogens is 307 g/mol. The van der Waals surface area contributed by atoms with Gasteiger partial charge in [0.25, 0.3) is 0 Å². The maximum absolute atomic E-state index is 8.02. The molecule has 2 fully saturated rings. The highest BCUT2D eigenvalue weighted by Crippen LogP contribution is 2.57. The first-order valence-corrected chi connectivity index (χ1v) is 8.97. The molecule has 2 saturated carbocycles. The van der Waals surface area contributed by atoms with E-state index in [9.17, 15) is 0 Å². The molecular formula is C19H20O3P+. The van der Waals surface area contributed by atoms with Gasteiger partial charge in [-0.25, -0.2) is 4.89 Å². The van der Waals surface area contributed by atoms with Crippen molar-refractivity contribution in [2.45, 2.75) is 25.6 Å². The Hall–Kier alpha value is -1.51. The summed E-state index contributed by atoms with van der Waals surface area (Å²) in [4.78, 5) is 3.93. The van der Waals surface area contributed by atoms with Gasteiger partial charge >= 0.3 is 0 Å². The number of allylic oxidation sites excluding steroid dienone is 3. The van der Waals surface area contributed by atoms with E-state index in [-0.39, 0.29) is 12.7 Å². The lowest BCUT2D eigenvalue weighted by atomic mass is 9.55. The Balaban J connectivity index is 0.000000132. The van der Waals surface area contributed by atoms with Gasteiger partial charge in [-0.1, -0.05) is 48.6 Å². The van der Waals surface area contributed by atoms with Crippen LogP contribution in [0.15, 0.2) is 65.8 Å². The number of rotatable bonds is 2. The Morgan fingerprint density at radius 2 is 1.96 bits per heavy atom. The van der Waals surface area contributed by atoms with E-state index < -0.39 is 0 Å². The maximum Gasteiger partial charge on any atom is 0.245 e. The van der Waals surface area contributed by atoms with Crippen LogP contribution >= 0.6 is 8.43 Å². The molecule has 0 bridgehead atoms. The molecule has 1 heterocycles. The van der Waals surface area contributed by atoms with Crippen LogP contribution in [0.5, 0.6) is 0 Å². The Bertz CT molecular complexity index is 703. The van der Waals surface area contributed by atoms with Crippen LogP contribution in [0.3, 0.4) is 0 Å². The molecule has 1 N–H and O–H groups in total. The zero-order chi connectivity index (χ0) is 15.6. The first-order valence-electron chi connectivity index (χ1n) is 8.06. The summed E-state index contributed by atoms with van der Waals surface area (Å²) in [6, 6.07) is 9.48. The first kappa shape index (κ1) is 15.0. The zero-order valence-corrected chi connectivity index (χ0v) is 13.8. The third-order valence-corrected chi connectivity index (χ3v) is 6.20. The number of fused-ring (bicyclic) bond motifs is 5. The van der Waals surface area contributed by atoms with Gasteiger partial charge in [-0.2, -0.15) is 4.52 Å². The topological polar surface area (TPSA) is 38.7 Å². The summed E-state index contributed by atoms with van der Waals surface area (Å²) in [7, 11) is 0.644. The third-order valence-electron chi connectivity index (χ3n) is 4.97. The molecule has 1 aromatic carbocycles. The van der Waals surface area contributed by atoms with Gasteiger partial charge < -0.3 is 0 Å². The minimum Gasteiger partial charge on any atom is -0.251 e. The molecule has 1 aliphatic heterocycles. The van der Waals surface area contributed by atoms with Crippen molar-refractivity contribution in [2.24, 2.45) is 11.8 Å². The highest BCUT2D eigenvalue weighted by molar-refractivity contribution is 7.36. The molecule has 23 heavy (non-hydrogen) atoms. The Kier molecular flexibility index (Phi) is 4.28. The van der Waals surface area contributed by atoms with Crippen LogP contribution in [0.4, 0.5) is 0 Å². The lowest BCUT2D eigenvalue weighted by molar-refractivity contribution is -0.253. The minimum absolute atomic E-state index is 0.265. The van der Waals surface area contributed by atoms with E-state index >= 15 is 0 Å². The van der Waals surface area contributed by atoms with E-state index in [1.54, 1.807) is 10.9 Å². The summed E-state index contributed by atoms with van der Waals surface area (Å²) in [5, 5.41) is 9.67. The van der Waals surface area contributed by atoms with Crippen molar-refractivity contribution in [3.63, 3.8) is 0 Å². The van der Waals surface area contributed by atoms with Crippen LogP contribution in [-0.2, 0) is 16.0 Å². The SMILES string of the molecule is C1=CC2=C3C(=[PH+]OC2C=C1)C1CCC31.OOCc1ccccc1. The summed E-state index contributed by atoms with van der Waals surface area (Å²) in [5.41, 5.74) is 4.11. The van der Waals surface area contributed by atoms with Crippen molar-refractivity contribution in [3.8, 4) is 0 Å². The van der Waals surface area contributed by atoms with Crippen molar-refractivity contribution >= 4 is 13.7 Å². The smallest absolute Gasteiger partial charge is 0.245 e. The lowest BCUT2D eigenvalue weighted by Gasteiger charge is -2.49. The molecule has 0 spiro atoms. The van der Waals surface area contributed by atoms with E-state index in [1.165, 1.54) is 18.4 Å². The van der Waals surface area contributed by atoms with Gasteiger partial charge in [-0.15, -0.1) is 0 Å². The third kappa shape index (κ3) is 2.75. The average Bonchev–Trinajstić information content (AvgIpc) is 2.57. The molecule has 4 aliphatic rings. The largest absolute Gasteiger partial charge is 0.251 e. The first-order chi connectivity index (χ1) is 11.4. The molecule has 4 heteroatoms. The fraction of sp³-hybridized carbons (Fsp3) is 0.316. The summed E-state index contributed by atoms with van der Waals surface area (Å²) < 4.78 is 5.86. The molecule has 4 unspecified atom stereocenters. The van der Waals surface area contributed by atoms with Gasteiger partial charge in [0.05, 0.1) is 0 Å². The van der Waals surface area contributed by atoms with E-state index in [2.05, 4.69) is 29.2 Å². The average molecular weight is 327 g/mol. The standard InChI is InChI=1S/C12H11OP.C7H8O2/c1-2-4-10-9(3-1)11-7-5-6-8(7)12(11)14-13-10;8-9-6-7-4-2-1-3-5-7/h1-4,7-8,10H,5-6H2;1-5,8H,6H2/p+1. The van der Waals surface area contributed by atoms with E-state index in [0.717, 1.165) is 17.4 Å². The van der Waals surface area contributed by atoms with Crippen molar-refractivity contribution in [3.05, 3.63) is 71.3 Å². The minimum atomic E-state index is 0.265. The summed E-state index contributed by atoms with van der Waals surface area (Å²) in [6.45, 7) is 0.265. The highest BCUT2D eigenvalue weighted by atomic mass is 31.1. The second-order valence-corrected chi connectivity index (χ2v) is 7.20. The molecule has 1 aromatic rings. The number of benzene rings is 1. The second kappa shape index (κ2) is 6.54. The van der Waals surface area contributed by atoms with E-state index in [0.29, 0.717) is 8.43 Å². The van der Waals surface area contributed by atoms with Crippen molar-refractivity contribution in [2.75, 3.05) is 0 Å². The van der Waals surface area contributed by atoms with Gasteiger partial charge in [-0.05, 0) is 36.0 Å². The van der Waals surface area contributed by atoms with Gasteiger partial charge in [0.15, 0.2) is 11.4 Å². The van der Waals surface area contributed by atoms with Crippen molar-refractivity contribution in [1.29, 1.82) is 0 Å². The number of hydrogen-bond donors (Lipinski definition) is 1. The van der Waals surface area contributed by atoms with Crippen LogP contribution in [0.25, 0.3) is 0 Å². The fourth-order valence-electron chi connectivity index (χ4n) is 3.64. The van der Waals surface area contributed by atoms with Gasteiger partial charge in [0, 0.05) is 11.5 Å². The predicted molar refractivity (Wildman–Crippen MR) is 93.6 cm³/mol.